The topological polar surface area (TPSA) is 134 Å². The van der Waals surface area contributed by atoms with Crippen LogP contribution in [0.25, 0.3) is 22.4 Å². The van der Waals surface area contributed by atoms with Crippen molar-refractivity contribution in [3.63, 3.8) is 0 Å². The molecule has 11 heteroatoms. The number of nitrogen functional groups attached to an aromatic ring is 1. The standard InChI is InChI=1S/C28H25F3N4O4/c1-38-19-11-12-20(17-5-3-2-4-6-17)21(14-19)25(28(29,30)31)39-24-15-23(34-27(33)35-24)18-9-7-16(8-10-18)13-22(32)26(36)37/h2-12,14-15,22,25H,13,32H2,1H3,(H,36,37)(H2,33,34,35)/t22-,25?/m0/s1. The lowest BCUT2D eigenvalue weighted by Crippen LogP contribution is -2.32. The van der Waals surface area contributed by atoms with Crippen molar-refractivity contribution in [2.45, 2.75) is 24.7 Å². The van der Waals surface area contributed by atoms with Gasteiger partial charge >= 0.3 is 12.1 Å². The van der Waals surface area contributed by atoms with Crippen molar-refractivity contribution in [3.8, 4) is 34.0 Å². The van der Waals surface area contributed by atoms with Crippen LogP contribution in [0, 0.1) is 0 Å². The molecule has 39 heavy (non-hydrogen) atoms. The van der Waals surface area contributed by atoms with Gasteiger partial charge in [-0.3, -0.25) is 4.79 Å². The molecule has 1 unspecified atom stereocenters. The lowest BCUT2D eigenvalue weighted by Gasteiger charge is -2.24. The van der Waals surface area contributed by atoms with E-state index in [0.717, 1.165) is 0 Å². The Morgan fingerprint density at radius 3 is 2.28 bits per heavy atom. The molecule has 3 aromatic carbocycles. The quantitative estimate of drug-likeness (QED) is 0.270. The highest BCUT2D eigenvalue weighted by Crippen LogP contribution is 2.42. The van der Waals surface area contributed by atoms with E-state index in [1.165, 1.54) is 19.2 Å². The number of aromatic nitrogens is 2. The Labute approximate surface area is 222 Å². The normalized spacial score (nSPS) is 12.9. The first-order valence-corrected chi connectivity index (χ1v) is 11.7. The van der Waals surface area contributed by atoms with Crippen LogP contribution in [0.1, 0.15) is 17.2 Å². The first kappa shape index (κ1) is 27.4. The number of benzene rings is 3. The number of ether oxygens (including phenoxy) is 2. The number of alkyl halides is 3. The molecule has 0 bridgehead atoms. The van der Waals surface area contributed by atoms with Gasteiger partial charge in [-0.15, -0.1) is 0 Å². The lowest BCUT2D eigenvalue weighted by atomic mass is 9.95. The molecular weight excluding hydrogens is 513 g/mol. The van der Waals surface area contributed by atoms with Crippen molar-refractivity contribution >= 4 is 11.9 Å². The molecular formula is C28H25F3N4O4. The monoisotopic (exact) mass is 538 g/mol. The molecule has 4 rings (SSSR count). The molecule has 0 saturated heterocycles. The number of methoxy groups -OCH3 is 1. The third-order valence-corrected chi connectivity index (χ3v) is 5.90. The Bertz CT molecular complexity index is 1450. The summed E-state index contributed by atoms with van der Waals surface area (Å²) in [5.74, 6) is -1.56. The average molecular weight is 539 g/mol. The number of nitrogens with two attached hydrogens (primary N) is 2. The van der Waals surface area contributed by atoms with E-state index in [9.17, 15) is 18.0 Å². The number of carboxylic acids is 1. The molecule has 0 aliphatic rings. The van der Waals surface area contributed by atoms with Gasteiger partial charge in [-0.1, -0.05) is 60.7 Å². The zero-order valence-corrected chi connectivity index (χ0v) is 20.7. The van der Waals surface area contributed by atoms with E-state index >= 15 is 0 Å². The Morgan fingerprint density at radius 1 is 0.974 bits per heavy atom. The molecule has 8 nitrogen and oxygen atoms in total. The van der Waals surface area contributed by atoms with Gasteiger partial charge < -0.3 is 26.0 Å². The Hall–Kier alpha value is -4.64. The van der Waals surface area contributed by atoms with E-state index in [1.807, 2.05) is 0 Å². The Morgan fingerprint density at radius 2 is 1.67 bits per heavy atom. The number of carboxylic acid groups (broad SMARTS) is 1. The summed E-state index contributed by atoms with van der Waals surface area (Å²) in [5.41, 5.74) is 13.5. The van der Waals surface area contributed by atoms with Crippen molar-refractivity contribution in [3.05, 3.63) is 90.0 Å². The van der Waals surface area contributed by atoms with Gasteiger partial charge in [-0.2, -0.15) is 18.2 Å². The maximum absolute atomic E-state index is 14.5. The molecule has 0 fully saturated rings. The summed E-state index contributed by atoms with van der Waals surface area (Å²) in [7, 11) is 1.36. The van der Waals surface area contributed by atoms with E-state index in [1.54, 1.807) is 66.7 Å². The summed E-state index contributed by atoms with van der Waals surface area (Å²) in [4.78, 5) is 19.0. The molecule has 202 valence electrons. The zero-order chi connectivity index (χ0) is 28.2. The number of anilines is 1. The molecule has 0 radical (unpaired) electrons. The van der Waals surface area contributed by atoms with E-state index in [-0.39, 0.29) is 35.3 Å². The first-order valence-electron chi connectivity index (χ1n) is 11.7. The minimum absolute atomic E-state index is 0.105. The number of halogens is 3. The van der Waals surface area contributed by atoms with Gasteiger partial charge in [0.25, 0.3) is 0 Å². The van der Waals surface area contributed by atoms with E-state index in [2.05, 4.69) is 9.97 Å². The van der Waals surface area contributed by atoms with Crippen LogP contribution in [0.4, 0.5) is 19.1 Å². The summed E-state index contributed by atoms with van der Waals surface area (Å²) in [6, 6.07) is 19.8. The third kappa shape index (κ3) is 6.63. The smallest absolute Gasteiger partial charge is 0.429 e. The van der Waals surface area contributed by atoms with Gasteiger partial charge in [0.05, 0.1) is 12.8 Å². The van der Waals surface area contributed by atoms with Gasteiger partial charge in [-0.25, -0.2) is 4.98 Å². The maximum atomic E-state index is 14.5. The Kier molecular flexibility index (Phi) is 8.01. The number of hydrogen-bond acceptors (Lipinski definition) is 7. The van der Waals surface area contributed by atoms with Gasteiger partial charge in [0.1, 0.15) is 11.8 Å². The summed E-state index contributed by atoms with van der Waals surface area (Å²) in [5, 5.41) is 9.00. The number of hydrogen-bond donors (Lipinski definition) is 3. The fraction of sp³-hybridized carbons (Fsp3) is 0.179. The predicted octanol–water partition coefficient (Wildman–Crippen LogP) is 5.04. The molecule has 0 saturated carbocycles. The molecule has 5 N–H and O–H groups in total. The van der Waals surface area contributed by atoms with Crippen LogP contribution < -0.4 is 20.9 Å². The minimum atomic E-state index is -4.82. The van der Waals surface area contributed by atoms with Crippen LogP contribution in [0.3, 0.4) is 0 Å². The predicted molar refractivity (Wildman–Crippen MR) is 139 cm³/mol. The SMILES string of the molecule is COc1ccc(-c2ccccc2)c(C(Oc2cc(-c3ccc(C[C@H](N)C(=O)O)cc3)nc(N)n2)C(F)(F)F)c1. The van der Waals surface area contributed by atoms with Crippen molar-refractivity contribution < 1.29 is 32.5 Å². The second-order valence-corrected chi connectivity index (χ2v) is 8.65. The van der Waals surface area contributed by atoms with E-state index in [0.29, 0.717) is 22.3 Å². The van der Waals surface area contributed by atoms with Gasteiger partial charge in [-0.05, 0) is 35.2 Å². The molecule has 2 atom stereocenters. The fourth-order valence-electron chi connectivity index (χ4n) is 4.00. The molecule has 1 heterocycles. The molecule has 0 amide bonds. The molecule has 1 aromatic heterocycles. The van der Waals surface area contributed by atoms with E-state index in [4.69, 9.17) is 26.0 Å². The molecule has 0 aliphatic carbocycles. The van der Waals surface area contributed by atoms with Crippen molar-refractivity contribution in [2.75, 3.05) is 12.8 Å². The third-order valence-electron chi connectivity index (χ3n) is 5.90. The van der Waals surface area contributed by atoms with Crippen LogP contribution in [-0.4, -0.2) is 40.4 Å². The number of carbonyl (C=O) groups is 1. The number of aliphatic carboxylic acids is 1. The van der Waals surface area contributed by atoms with Crippen molar-refractivity contribution in [1.29, 1.82) is 0 Å². The van der Waals surface area contributed by atoms with Crippen LogP contribution in [-0.2, 0) is 11.2 Å². The lowest BCUT2D eigenvalue weighted by molar-refractivity contribution is -0.198. The zero-order valence-electron chi connectivity index (χ0n) is 20.7. The van der Waals surface area contributed by atoms with Gasteiger partial charge in [0, 0.05) is 17.2 Å². The van der Waals surface area contributed by atoms with Crippen LogP contribution in [0.5, 0.6) is 11.6 Å². The second kappa shape index (κ2) is 11.4. The Balaban J connectivity index is 1.71. The highest BCUT2D eigenvalue weighted by atomic mass is 19.4. The van der Waals surface area contributed by atoms with Crippen LogP contribution in [0.15, 0.2) is 78.9 Å². The van der Waals surface area contributed by atoms with Gasteiger partial charge in [0.15, 0.2) is 0 Å². The fourth-order valence-corrected chi connectivity index (χ4v) is 4.00. The molecule has 0 aliphatic heterocycles. The number of rotatable bonds is 9. The van der Waals surface area contributed by atoms with Crippen molar-refractivity contribution in [1.82, 2.24) is 9.97 Å². The largest absolute Gasteiger partial charge is 0.497 e. The summed E-state index contributed by atoms with van der Waals surface area (Å²) >= 11 is 0. The highest BCUT2D eigenvalue weighted by molar-refractivity contribution is 5.73. The van der Waals surface area contributed by atoms with E-state index < -0.39 is 24.3 Å². The second-order valence-electron chi connectivity index (χ2n) is 8.65. The summed E-state index contributed by atoms with van der Waals surface area (Å²) in [6.45, 7) is 0. The van der Waals surface area contributed by atoms with Crippen LogP contribution >= 0.6 is 0 Å². The maximum Gasteiger partial charge on any atom is 0.429 e. The minimum Gasteiger partial charge on any atom is -0.497 e. The summed E-state index contributed by atoms with van der Waals surface area (Å²) < 4.78 is 54.1. The van der Waals surface area contributed by atoms with Crippen molar-refractivity contribution in [2.24, 2.45) is 5.73 Å². The number of nitrogens with zero attached hydrogens (tertiary/aromatic N) is 2. The van der Waals surface area contributed by atoms with Gasteiger partial charge in [0.2, 0.25) is 17.9 Å². The first-order chi connectivity index (χ1) is 18.5. The molecule has 4 aromatic rings. The van der Waals surface area contributed by atoms with Crippen LogP contribution in [0.2, 0.25) is 0 Å². The average Bonchev–Trinajstić information content (AvgIpc) is 2.91. The highest BCUT2D eigenvalue weighted by Gasteiger charge is 2.45. The summed E-state index contributed by atoms with van der Waals surface area (Å²) in [6.07, 6.45) is -7.11. The molecule has 0 spiro atoms.